The van der Waals surface area contributed by atoms with Gasteiger partial charge in [0, 0.05) is 32.7 Å². The van der Waals surface area contributed by atoms with Crippen molar-refractivity contribution in [3.63, 3.8) is 0 Å². The van der Waals surface area contributed by atoms with Gasteiger partial charge in [-0.15, -0.1) is 12.4 Å². The van der Waals surface area contributed by atoms with E-state index >= 15 is 0 Å². The Morgan fingerprint density at radius 2 is 1.67 bits per heavy atom. The molecule has 9 heteroatoms. The lowest BCUT2D eigenvalue weighted by atomic mass is 9.92. The number of hydrogen-bond acceptors (Lipinski definition) is 6. The minimum Gasteiger partial charge on any atom is -0.390 e. The summed E-state index contributed by atoms with van der Waals surface area (Å²) in [6, 6.07) is 18.4. The van der Waals surface area contributed by atoms with Gasteiger partial charge in [0.25, 0.3) is 5.91 Å². The van der Waals surface area contributed by atoms with Gasteiger partial charge in [-0.3, -0.25) is 14.6 Å². The van der Waals surface area contributed by atoms with Crippen molar-refractivity contribution in [2.45, 2.75) is 18.6 Å². The number of rotatable bonds is 6. The Hall–Kier alpha value is -3.12. The first-order chi connectivity index (χ1) is 15.4. The first-order valence-electron chi connectivity index (χ1n) is 10.8. The molecule has 2 aromatic rings. The van der Waals surface area contributed by atoms with Crippen molar-refractivity contribution in [1.29, 1.82) is 5.26 Å². The number of hydrogen-bond donors (Lipinski definition) is 2. The zero-order valence-corrected chi connectivity index (χ0v) is 19.3. The maximum atomic E-state index is 13.0. The fraction of sp³-hybridized carbons (Fsp3) is 0.375. The van der Waals surface area contributed by atoms with Crippen molar-refractivity contribution in [2.24, 2.45) is 0 Å². The van der Waals surface area contributed by atoms with E-state index in [0.717, 1.165) is 36.8 Å². The largest absolute Gasteiger partial charge is 0.390 e. The zero-order valence-electron chi connectivity index (χ0n) is 18.5. The number of nitrogens with zero attached hydrogens (tertiary/aromatic N) is 4. The van der Waals surface area contributed by atoms with Crippen LogP contribution in [0.3, 0.4) is 0 Å². The minimum atomic E-state index is -1.13. The second kappa shape index (κ2) is 10.2. The van der Waals surface area contributed by atoms with Crippen molar-refractivity contribution >= 4 is 30.0 Å². The Morgan fingerprint density at radius 1 is 1.03 bits per heavy atom. The third-order valence-electron chi connectivity index (χ3n) is 6.23. The monoisotopic (exact) mass is 469 g/mol. The predicted octanol–water partition coefficient (Wildman–Crippen LogP) is 1.93. The van der Waals surface area contributed by atoms with Crippen molar-refractivity contribution in [1.82, 2.24) is 15.1 Å². The summed E-state index contributed by atoms with van der Waals surface area (Å²) in [5.74, 6) is -0.356. The van der Waals surface area contributed by atoms with E-state index in [1.165, 1.54) is 0 Å². The smallest absolute Gasteiger partial charge is 0.325 e. The standard InChI is InChI=1S/C24H27N5O3.ClH/c1-24(19-8-3-2-4-9-19)22(31)29(23(32)26-24)17-20(30)16-27-11-13-28(14-12-27)21-10-6-5-7-18(21)15-25;/h2-10,20,30H,11-14,16-17H2,1H3,(H,26,32);1H. The number of halogens is 1. The molecule has 2 saturated heterocycles. The Bertz CT molecular complexity index is 1040. The van der Waals surface area contributed by atoms with Crippen LogP contribution in [0.2, 0.25) is 0 Å². The minimum absolute atomic E-state index is 0. The van der Waals surface area contributed by atoms with E-state index in [1.54, 1.807) is 6.92 Å². The van der Waals surface area contributed by atoms with Gasteiger partial charge in [0.1, 0.15) is 11.6 Å². The first kappa shape index (κ1) is 24.5. The van der Waals surface area contributed by atoms with Gasteiger partial charge >= 0.3 is 6.03 Å². The van der Waals surface area contributed by atoms with E-state index in [1.807, 2.05) is 54.6 Å². The summed E-state index contributed by atoms with van der Waals surface area (Å²) in [5, 5.41) is 22.7. The van der Waals surface area contributed by atoms with Gasteiger partial charge in [0.05, 0.1) is 23.9 Å². The van der Waals surface area contributed by atoms with Gasteiger partial charge < -0.3 is 15.3 Å². The number of aliphatic hydroxyl groups excluding tert-OH is 1. The summed E-state index contributed by atoms with van der Waals surface area (Å²) in [4.78, 5) is 30.9. The van der Waals surface area contributed by atoms with Crippen LogP contribution in [0, 0.1) is 11.3 Å². The number of para-hydroxylation sites is 1. The van der Waals surface area contributed by atoms with Crippen LogP contribution in [0.25, 0.3) is 0 Å². The molecular weight excluding hydrogens is 442 g/mol. The lowest BCUT2D eigenvalue weighted by Crippen LogP contribution is -2.50. The molecule has 2 aliphatic rings. The van der Waals surface area contributed by atoms with Crippen LogP contribution in [0.1, 0.15) is 18.1 Å². The van der Waals surface area contributed by atoms with Crippen LogP contribution >= 0.6 is 12.4 Å². The Balaban J connectivity index is 0.00000306. The number of aliphatic hydroxyl groups is 1. The van der Waals surface area contributed by atoms with Gasteiger partial charge in [-0.05, 0) is 24.6 Å². The number of carbonyl (C=O) groups is 2. The van der Waals surface area contributed by atoms with Crippen LogP contribution in [0.4, 0.5) is 10.5 Å². The second-order valence-corrected chi connectivity index (χ2v) is 8.41. The van der Waals surface area contributed by atoms with E-state index in [4.69, 9.17) is 0 Å². The highest BCUT2D eigenvalue weighted by atomic mass is 35.5. The van der Waals surface area contributed by atoms with E-state index < -0.39 is 17.7 Å². The molecule has 4 rings (SSSR count). The van der Waals surface area contributed by atoms with Gasteiger partial charge in [0.2, 0.25) is 0 Å². The second-order valence-electron chi connectivity index (χ2n) is 8.41. The first-order valence-corrected chi connectivity index (χ1v) is 10.8. The SMILES string of the molecule is CC1(c2ccccc2)NC(=O)N(CC(O)CN2CCN(c3ccccc3C#N)CC2)C1=O.Cl. The molecule has 0 radical (unpaired) electrons. The van der Waals surface area contributed by atoms with E-state index in [2.05, 4.69) is 21.2 Å². The third kappa shape index (κ3) is 4.96. The number of piperazine rings is 1. The highest BCUT2D eigenvalue weighted by Crippen LogP contribution is 2.28. The molecule has 2 heterocycles. The predicted molar refractivity (Wildman–Crippen MR) is 127 cm³/mol. The fourth-order valence-electron chi connectivity index (χ4n) is 4.41. The van der Waals surface area contributed by atoms with E-state index in [-0.39, 0.29) is 24.9 Å². The van der Waals surface area contributed by atoms with Gasteiger partial charge in [-0.1, -0.05) is 42.5 Å². The molecule has 174 valence electrons. The number of benzene rings is 2. The molecule has 0 spiro atoms. The molecular formula is C24H28ClN5O3. The van der Waals surface area contributed by atoms with E-state index in [0.29, 0.717) is 17.7 Å². The average Bonchev–Trinajstić information content (AvgIpc) is 3.04. The quantitative estimate of drug-likeness (QED) is 0.627. The molecule has 33 heavy (non-hydrogen) atoms. The van der Waals surface area contributed by atoms with Crippen LogP contribution in [-0.2, 0) is 10.3 Å². The van der Waals surface area contributed by atoms with Crippen LogP contribution in [0.5, 0.6) is 0 Å². The molecule has 2 fully saturated rings. The summed E-state index contributed by atoms with van der Waals surface area (Å²) in [7, 11) is 0. The number of amides is 3. The van der Waals surface area contributed by atoms with Crippen LogP contribution in [-0.4, -0.2) is 72.2 Å². The molecule has 2 atom stereocenters. The Labute approximate surface area is 199 Å². The fourth-order valence-corrected chi connectivity index (χ4v) is 4.41. The Kier molecular flexibility index (Phi) is 7.59. The molecule has 0 aromatic heterocycles. The highest BCUT2D eigenvalue weighted by Gasteiger charge is 2.49. The number of urea groups is 1. The summed E-state index contributed by atoms with van der Waals surface area (Å²) in [5.41, 5.74) is 1.16. The van der Waals surface area contributed by atoms with Gasteiger partial charge in [-0.25, -0.2) is 4.79 Å². The molecule has 2 unspecified atom stereocenters. The molecule has 0 aliphatic carbocycles. The maximum absolute atomic E-state index is 13.0. The average molecular weight is 470 g/mol. The van der Waals surface area contributed by atoms with Crippen molar-refractivity contribution in [3.05, 3.63) is 65.7 Å². The molecule has 2 N–H and O–H groups in total. The summed E-state index contributed by atoms with van der Waals surface area (Å²) < 4.78 is 0. The molecule has 0 bridgehead atoms. The lowest BCUT2D eigenvalue weighted by Gasteiger charge is -2.37. The third-order valence-corrected chi connectivity index (χ3v) is 6.23. The maximum Gasteiger partial charge on any atom is 0.325 e. The summed E-state index contributed by atoms with van der Waals surface area (Å²) >= 11 is 0. The normalized spacial score (nSPS) is 21.8. The highest BCUT2D eigenvalue weighted by molar-refractivity contribution is 6.07. The number of nitriles is 1. The van der Waals surface area contributed by atoms with Crippen molar-refractivity contribution < 1.29 is 14.7 Å². The summed E-state index contributed by atoms with van der Waals surface area (Å²) in [6.45, 7) is 4.92. The van der Waals surface area contributed by atoms with Crippen LogP contribution < -0.4 is 10.2 Å². The van der Waals surface area contributed by atoms with Crippen LogP contribution in [0.15, 0.2) is 54.6 Å². The molecule has 3 amide bonds. The van der Waals surface area contributed by atoms with Gasteiger partial charge in [0.15, 0.2) is 0 Å². The van der Waals surface area contributed by atoms with Crippen molar-refractivity contribution in [2.75, 3.05) is 44.2 Å². The number of anilines is 1. The van der Waals surface area contributed by atoms with Gasteiger partial charge in [-0.2, -0.15) is 5.26 Å². The number of nitrogens with one attached hydrogen (secondary N) is 1. The number of imide groups is 1. The van der Waals surface area contributed by atoms with E-state index in [9.17, 15) is 20.0 Å². The zero-order chi connectivity index (χ0) is 22.7. The molecule has 2 aromatic carbocycles. The molecule has 2 aliphatic heterocycles. The number of carbonyl (C=O) groups excluding carboxylic acids is 2. The molecule has 0 saturated carbocycles. The number of β-amino-alcohol motifs (C(OH)–C–C–N with tert-alkyl or cyclic N) is 1. The summed E-state index contributed by atoms with van der Waals surface area (Å²) in [6.07, 6.45) is -0.847. The lowest BCUT2D eigenvalue weighted by molar-refractivity contribution is -0.132. The topological polar surface area (TPSA) is 99.9 Å². The molecule has 8 nitrogen and oxygen atoms in total. The Morgan fingerprint density at radius 3 is 2.33 bits per heavy atom. The van der Waals surface area contributed by atoms with Crippen molar-refractivity contribution in [3.8, 4) is 6.07 Å².